The molecule has 1 fully saturated rings. The summed E-state index contributed by atoms with van der Waals surface area (Å²) >= 11 is 5.76. The van der Waals surface area contributed by atoms with E-state index in [1.807, 2.05) is 6.92 Å². The van der Waals surface area contributed by atoms with Crippen LogP contribution in [0.5, 0.6) is 0 Å². The Morgan fingerprint density at radius 1 is 1.57 bits per heavy atom. The molecule has 2 rings (SSSR count). The van der Waals surface area contributed by atoms with Crippen LogP contribution in [0.25, 0.3) is 0 Å². The van der Waals surface area contributed by atoms with Crippen LogP contribution in [0.4, 0.5) is 0 Å². The van der Waals surface area contributed by atoms with Gasteiger partial charge in [-0.25, -0.2) is 4.98 Å². The molecule has 14 heavy (non-hydrogen) atoms. The van der Waals surface area contributed by atoms with Gasteiger partial charge < -0.3 is 5.11 Å². The molecule has 1 N–H and O–H groups in total. The van der Waals surface area contributed by atoms with Crippen LogP contribution in [0.3, 0.4) is 0 Å². The Hall–Kier alpha value is -0.600. The summed E-state index contributed by atoms with van der Waals surface area (Å²) < 4.78 is 0. The second-order valence-electron chi connectivity index (χ2n) is 4.00. The van der Waals surface area contributed by atoms with E-state index in [0.29, 0.717) is 11.1 Å². The molecule has 1 atom stereocenters. The standard InChI is InChI=1S/C11H14ClNO/c1-7-5-10(12)13-6-9(7)11(14)8-3-2-4-8/h5-6,8,11,14H,2-4H2,1H3. The summed E-state index contributed by atoms with van der Waals surface area (Å²) in [6.07, 6.45) is 4.84. The van der Waals surface area contributed by atoms with Crippen molar-refractivity contribution in [3.05, 3.63) is 28.5 Å². The number of hydrogen-bond donors (Lipinski definition) is 1. The average molecular weight is 212 g/mol. The summed E-state index contributed by atoms with van der Waals surface area (Å²) in [6.45, 7) is 1.96. The number of aliphatic hydroxyl groups is 1. The minimum absolute atomic E-state index is 0.353. The second kappa shape index (κ2) is 3.87. The van der Waals surface area contributed by atoms with Crippen LogP contribution in [0.2, 0.25) is 5.15 Å². The molecule has 0 saturated heterocycles. The highest BCUT2D eigenvalue weighted by Gasteiger charge is 2.27. The smallest absolute Gasteiger partial charge is 0.129 e. The highest BCUT2D eigenvalue weighted by Crippen LogP contribution is 2.38. The Balaban J connectivity index is 2.22. The van der Waals surface area contributed by atoms with Gasteiger partial charge in [0.2, 0.25) is 0 Å². The highest BCUT2D eigenvalue weighted by atomic mass is 35.5. The molecule has 1 aliphatic carbocycles. The molecule has 2 nitrogen and oxygen atoms in total. The van der Waals surface area contributed by atoms with Crippen molar-refractivity contribution < 1.29 is 5.11 Å². The van der Waals surface area contributed by atoms with Crippen molar-refractivity contribution in [3.8, 4) is 0 Å². The van der Waals surface area contributed by atoms with Crippen molar-refractivity contribution in [3.63, 3.8) is 0 Å². The van der Waals surface area contributed by atoms with Crippen LogP contribution in [0, 0.1) is 12.8 Å². The SMILES string of the molecule is Cc1cc(Cl)ncc1C(O)C1CCC1. The Kier molecular flexibility index (Phi) is 2.75. The highest BCUT2D eigenvalue weighted by molar-refractivity contribution is 6.29. The zero-order valence-electron chi connectivity index (χ0n) is 8.20. The van der Waals surface area contributed by atoms with Gasteiger partial charge in [-0.2, -0.15) is 0 Å². The van der Waals surface area contributed by atoms with Gasteiger partial charge in [0.05, 0.1) is 6.10 Å². The number of aliphatic hydroxyl groups excluding tert-OH is 1. The normalized spacial score (nSPS) is 19.1. The van der Waals surface area contributed by atoms with Crippen LogP contribution < -0.4 is 0 Å². The van der Waals surface area contributed by atoms with Crippen molar-refractivity contribution in [1.82, 2.24) is 4.98 Å². The molecule has 0 spiro atoms. The van der Waals surface area contributed by atoms with E-state index in [1.54, 1.807) is 12.3 Å². The van der Waals surface area contributed by atoms with Crippen LogP contribution >= 0.6 is 11.6 Å². The van der Waals surface area contributed by atoms with Gasteiger partial charge in [0.15, 0.2) is 0 Å². The minimum atomic E-state index is -0.353. The van der Waals surface area contributed by atoms with Crippen LogP contribution in [0.15, 0.2) is 12.3 Å². The van der Waals surface area contributed by atoms with E-state index >= 15 is 0 Å². The van der Waals surface area contributed by atoms with E-state index in [1.165, 1.54) is 6.42 Å². The second-order valence-corrected chi connectivity index (χ2v) is 4.39. The molecule has 1 unspecified atom stereocenters. The van der Waals surface area contributed by atoms with Crippen molar-refractivity contribution in [2.75, 3.05) is 0 Å². The largest absolute Gasteiger partial charge is 0.388 e. The number of aromatic nitrogens is 1. The summed E-state index contributed by atoms with van der Waals surface area (Å²) in [6, 6.07) is 1.80. The van der Waals surface area contributed by atoms with Crippen LogP contribution in [-0.2, 0) is 0 Å². The third-order valence-electron chi connectivity index (χ3n) is 3.03. The van der Waals surface area contributed by atoms with Gasteiger partial charge in [0.1, 0.15) is 5.15 Å². The summed E-state index contributed by atoms with van der Waals surface area (Å²) in [5.74, 6) is 0.427. The molecule has 1 saturated carbocycles. The van der Waals surface area contributed by atoms with Gasteiger partial charge >= 0.3 is 0 Å². The van der Waals surface area contributed by atoms with Crippen molar-refractivity contribution in [1.29, 1.82) is 0 Å². The number of pyridine rings is 1. The van der Waals surface area contributed by atoms with E-state index in [0.717, 1.165) is 24.0 Å². The number of nitrogens with zero attached hydrogens (tertiary/aromatic N) is 1. The predicted octanol–water partition coefficient (Wildman–Crippen LogP) is 2.88. The molecule has 1 aliphatic rings. The van der Waals surface area contributed by atoms with E-state index in [4.69, 9.17) is 11.6 Å². The maximum Gasteiger partial charge on any atom is 0.129 e. The lowest BCUT2D eigenvalue weighted by atomic mass is 9.78. The first-order valence-corrected chi connectivity index (χ1v) is 5.36. The summed E-state index contributed by atoms with van der Waals surface area (Å²) in [4.78, 5) is 4.01. The maximum absolute atomic E-state index is 10.0. The summed E-state index contributed by atoms with van der Waals surface area (Å²) in [5.41, 5.74) is 1.96. The summed E-state index contributed by atoms with van der Waals surface area (Å²) in [5, 5.41) is 10.5. The molecule has 1 aromatic heterocycles. The van der Waals surface area contributed by atoms with Gasteiger partial charge in [0.25, 0.3) is 0 Å². The fraction of sp³-hybridized carbons (Fsp3) is 0.545. The molecule has 1 heterocycles. The number of rotatable bonds is 2. The Morgan fingerprint density at radius 2 is 2.29 bits per heavy atom. The third kappa shape index (κ3) is 1.77. The van der Waals surface area contributed by atoms with E-state index < -0.39 is 0 Å². The number of halogens is 1. The van der Waals surface area contributed by atoms with E-state index in [2.05, 4.69) is 4.98 Å². The van der Waals surface area contributed by atoms with Crippen molar-refractivity contribution in [2.45, 2.75) is 32.3 Å². The fourth-order valence-electron chi connectivity index (χ4n) is 1.85. The van der Waals surface area contributed by atoms with Crippen LogP contribution in [-0.4, -0.2) is 10.1 Å². The lowest BCUT2D eigenvalue weighted by Gasteiger charge is -2.31. The first-order valence-electron chi connectivity index (χ1n) is 4.98. The van der Waals surface area contributed by atoms with Gasteiger partial charge in [-0.15, -0.1) is 0 Å². The van der Waals surface area contributed by atoms with Gasteiger partial charge in [-0.05, 0) is 37.3 Å². The average Bonchev–Trinajstić information content (AvgIpc) is 2.00. The lowest BCUT2D eigenvalue weighted by Crippen LogP contribution is -2.20. The molecule has 0 aliphatic heterocycles. The first kappa shape index (κ1) is 9.94. The topological polar surface area (TPSA) is 33.1 Å². The third-order valence-corrected chi connectivity index (χ3v) is 3.24. The lowest BCUT2D eigenvalue weighted by molar-refractivity contribution is 0.0613. The number of aryl methyl sites for hydroxylation is 1. The quantitative estimate of drug-likeness (QED) is 0.764. The monoisotopic (exact) mass is 211 g/mol. The Labute approximate surface area is 88.9 Å². The van der Waals surface area contributed by atoms with E-state index in [-0.39, 0.29) is 6.10 Å². The zero-order chi connectivity index (χ0) is 10.1. The fourth-order valence-corrected chi connectivity index (χ4v) is 2.06. The van der Waals surface area contributed by atoms with Gasteiger partial charge in [-0.1, -0.05) is 18.0 Å². The molecule has 0 radical (unpaired) electrons. The number of hydrogen-bond acceptors (Lipinski definition) is 2. The molecule has 3 heteroatoms. The summed E-state index contributed by atoms with van der Waals surface area (Å²) in [7, 11) is 0. The molecule has 0 bridgehead atoms. The molecule has 0 aromatic carbocycles. The van der Waals surface area contributed by atoms with Crippen molar-refractivity contribution in [2.24, 2.45) is 5.92 Å². The van der Waals surface area contributed by atoms with E-state index in [9.17, 15) is 5.11 Å². The Bertz CT molecular complexity index is 336. The first-order chi connectivity index (χ1) is 6.68. The molecule has 1 aromatic rings. The zero-order valence-corrected chi connectivity index (χ0v) is 8.96. The Morgan fingerprint density at radius 3 is 2.79 bits per heavy atom. The van der Waals surface area contributed by atoms with Crippen LogP contribution in [0.1, 0.15) is 36.5 Å². The molecular formula is C11H14ClNO. The van der Waals surface area contributed by atoms with Gasteiger partial charge in [-0.3, -0.25) is 0 Å². The minimum Gasteiger partial charge on any atom is -0.388 e. The van der Waals surface area contributed by atoms with Crippen molar-refractivity contribution >= 4 is 11.6 Å². The molecule has 76 valence electrons. The maximum atomic E-state index is 10.0. The molecule has 0 amide bonds. The van der Waals surface area contributed by atoms with Gasteiger partial charge in [0, 0.05) is 11.8 Å². The molecular weight excluding hydrogens is 198 g/mol. The predicted molar refractivity (Wildman–Crippen MR) is 56.3 cm³/mol.